The Labute approximate surface area is 146 Å². The molecule has 1 aromatic heterocycles. The molecule has 1 aliphatic carbocycles. The number of hydrogen-bond donors (Lipinski definition) is 2. The molecule has 1 fully saturated rings. The van der Waals surface area contributed by atoms with Crippen LogP contribution in [-0.4, -0.2) is 32.4 Å². The van der Waals surface area contributed by atoms with E-state index in [2.05, 4.69) is 15.4 Å². The summed E-state index contributed by atoms with van der Waals surface area (Å²) in [5.74, 6) is -4.13. The molecule has 132 valence electrons. The molecule has 0 amide bonds. The van der Waals surface area contributed by atoms with Crippen LogP contribution in [0.4, 0.5) is 8.78 Å². The van der Waals surface area contributed by atoms with Crippen LogP contribution in [0.3, 0.4) is 0 Å². The van der Waals surface area contributed by atoms with E-state index in [0.717, 1.165) is 11.1 Å². The van der Waals surface area contributed by atoms with E-state index >= 15 is 0 Å². The number of aromatic carboxylic acids is 1. The van der Waals surface area contributed by atoms with Gasteiger partial charge in [0.05, 0.1) is 5.92 Å². The molecule has 1 atom stereocenters. The Morgan fingerprint density at radius 3 is 2.23 bits per heavy atom. The van der Waals surface area contributed by atoms with E-state index in [-0.39, 0.29) is 18.0 Å². The fraction of sp³-hybridized carbons (Fsp3) is 0.167. The Bertz CT molecular complexity index is 953. The van der Waals surface area contributed by atoms with Crippen molar-refractivity contribution in [3.05, 3.63) is 59.8 Å². The first-order valence-electron chi connectivity index (χ1n) is 7.84. The summed E-state index contributed by atoms with van der Waals surface area (Å²) in [6.45, 7) is 0. The summed E-state index contributed by atoms with van der Waals surface area (Å²) in [7, 11) is 0. The topological polar surface area (TPSA) is 88.1 Å². The minimum atomic E-state index is -2.57. The molecule has 6 nitrogen and oxygen atoms in total. The Hall–Kier alpha value is -3.29. The summed E-state index contributed by atoms with van der Waals surface area (Å²) >= 11 is 0. The molecule has 2 N–H and O–H groups in total. The van der Waals surface area contributed by atoms with Gasteiger partial charge in [-0.2, -0.15) is 0 Å². The predicted octanol–water partition coefficient (Wildman–Crippen LogP) is 4.08. The maximum absolute atomic E-state index is 13.1. The number of carbonyl (C=O) groups is 1. The van der Waals surface area contributed by atoms with Crippen LogP contribution in [0.25, 0.3) is 11.1 Å². The first-order chi connectivity index (χ1) is 12.4. The molecule has 1 aliphatic rings. The molecular formula is C18H13F2N3O3. The number of H-pyrrole nitrogens is 1. The summed E-state index contributed by atoms with van der Waals surface area (Å²) in [5, 5.41) is 18.2. The van der Waals surface area contributed by atoms with Gasteiger partial charge in [-0.25, -0.2) is 18.7 Å². The number of halogens is 2. The number of benzene rings is 2. The third-order valence-electron chi connectivity index (χ3n) is 4.27. The van der Waals surface area contributed by atoms with Crippen LogP contribution in [0.5, 0.6) is 11.6 Å². The highest BCUT2D eigenvalue weighted by Crippen LogP contribution is 2.55. The van der Waals surface area contributed by atoms with Crippen molar-refractivity contribution in [3.8, 4) is 22.8 Å². The lowest BCUT2D eigenvalue weighted by Crippen LogP contribution is -1.99. The van der Waals surface area contributed by atoms with E-state index < -0.39 is 17.8 Å². The first kappa shape index (κ1) is 16.2. The van der Waals surface area contributed by atoms with Gasteiger partial charge in [-0.15, -0.1) is 5.10 Å². The van der Waals surface area contributed by atoms with Crippen LogP contribution in [0.1, 0.15) is 28.4 Å². The number of alkyl halides is 2. The summed E-state index contributed by atoms with van der Waals surface area (Å²) in [5.41, 5.74) is 2.11. The summed E-state index contributed by atoms with van der Waals surface area (Å²) in [6, 6.07) is 14.0. The number of nitrogens with zero attached hydrogens (tertiary/aromatic N) is 2. The van der Waals surface area contributed by atoms with Gasteiger partial charge in [0.2, 0.25) is 5.69 Å². The molecule has 0 spiro atoms. The number of hydrogen-bond acceptors (Lipinski definition) is 4. The number of carboxylic acids is 1. The lowest BCUT2D eigenvalue weighted by molar-refractivity contribution is 0.0687. The average molecular weight is 357 g/mol. The van der Waals surface area contributed by atoms with E-state index in [1.54, 1.807) is 48.5 Å². The summed E-state index contributed by atoms with van der Waals surface area (Å²) in [6.07, 6.45) is -0.0842. The number of aromatic nitrogens is 3. The monoisotopic (exact) mass is 357 g/mol. The molecule has 4 rings (SSSR count). The Morgan fingerprint density at radius 1 is 1.12 bits per heavy atom. The van der Waals surface area contributed by atoms with Gasteiger partial charge in [0.25, 0.3) is 11.8 Å². The van der Waals surface area contributed by atoms with Gasteiger partial charge in [-0.1, -0.05) is 41.6 Å². The lowest BCUT2D eigenvalue weighted by atomic mass is 10.0. The molecule has 1 heterocycles. The van der Waals surface area contributed by atoms with E-state index in [4.69, 9.17) is 9.84 Å². The van der Waals surface area contributed by atoms with Gasteiger partial charge in [0, 0.05) is 6.42 Å². The highest BCUT2D eigenvalue weighted by molar-refractivity contribution is 5.87. The first-order valence-corrected chi connectivity index (χ1v) is 7.84. The number of nitrogens with one attached hydrogen (secondary N) is 1. The zero-order chi connectivity index (χ0) is 18.3. The van der Waals surface area contributed by atoms with Crippen LogP contribution in [0.2, 0.25) is 0 Å². The maximum atomic E-state index is 13.1. The highest BCUT2D eigenvalue weighted by atomic mass is 19.3. The van der Waals surface area contributed by atoms with Crippen molar-refractivity contribution in [3.63, 3.8) is 0 Å². The molecule has 1 unspecified atom stereocenters. The Morgan fingerprint density at radius 2 is 1.69 bits per heavy atom. The molecule has 1 saturated carbocycles. The maximum Gasteiger partial charge on any atom is 0.362 e. The van der Waals surface area contributed by atoms with E-state index in [9.17, 15) is 13.6 Å². The second-order valence-electron chi connectivity index (χ2n) is 6.06. The number of rotatable bonds is 5. The fourth-order valence-corrected chi connectivity index (χ4v) is 2.75. The van der Waals surface area contributed by atoms with Crippen LogP contribution < -0.4 is 4.74 Å². The molecule has 8 heteroatoms. The summed E-state index contributed by atoms with van der Waals surface area (Å²) in [4.78, 5) is 11.0. The third kappa shape index (κ3) is 3.01. The van der Waals surface area contributed by atoms with Gasteiger partial charge < -0.3 is 9.84 Å². The van der Waals surface area contributed by atoms with E-state index in [0.29, 0.717) is 11.3 Å². The average Bonchev–Trinajstić information content (AvgIpc) is 3.03. The Balaban J connectivity index is 1.49. The zero-order valence-corrected chi connectivity index (χ0v) is 13.3. The van der Waals surface area contributed by atoms with Crippen LogP contribution in [0.15, 0.2) is 48.5 Å². The second kappa shape index (κ2) is 5.91. The van der Waals surface area contributed by atoms with Crippen molar-refractivity contribution in [2.75, 3.05) is 0 Å². The van der Waals surface area contributed by atoms with Crippen molar-refractivity contribution >= 4 is 5.97 Å². The van der Waals surface area contributed by atoms with Crippen molar-refractivity contribution in [1.82, 2.24) is 15.4 Å². The van der Waals surface area contributed by atoms with Crippen molar-refractivity contribution < 1.29 is 23.4 Å². The van der Waals surface area contributed by atoms with E-state index in [1.165, 1.54) is 0 Å². The van der Waals surface area contributed by atoms with Gasteiger partial charge in [0.1, 0.15) is 5.75 Å². The molecule has 0 radical (unpaired) electrons. The molecule has 26 heavy (non-hydrogen) atoms. The molecule has 3 aromatic rings. The van der Waals surface area contributed by atoms with E-state index in [1.807, 2.05) is 0 Å². The highest BCUT2D eigenvalue weighted by Gasteiger charge is 2.57. The quantitative estimate of drug-likeness (QED) is 0.718. The van der Waals surface area contributed by atoms with Crippen LogP contribution in [-0.2, 0) is 0 Å². The normalized spacial score (nSPS) is 17.7. The van der Waals surface area contributed by atoms with Crippen molar-refractivity contribution in [2.24, 2.45) is 0 Å². The molecule has 0 saturated heterocycles. The standard InChI is InChI=1S/C18H13F2N3O3/c19-18(20)9-14(18)12-3-1-10(2-4-12)11-5-7-13(8-6-11)26-16-15(17(24)25)21-23-22-16/h1-8,14H,9H2,(H,24,25)(H,21,22,23). The summed E-state index contributed by atoms with van der Waals surface area (Å²) < 4.78 is 31.7. The molecule has 0 bridgehead atoms. The smallest absolute Gasteiger partial charge is 0.362 e. The zero-order valence-electron chi connectivity index (χ0n) is 13.3. The van der Waals surface area contributed by atoms with Gasteiger partial charge in [-0.05, 0) is 28.8 Å². The largest absolute Gasteiger partial charge is 0.476 e. The Kier molecular flexibility index (Phi) is 3.68. The lowest BCUT2D eigenvalue weighted by Gasteiger charge is -2.07. The van der Waals surface area contributed by atoms with Gasteiger partial charge in [0.15, 0.2) is 0 Å². The number of aromatic amines is 1. The number of ether oxygens (including phenoxy) is 1. The molecule has 2 aromatic carbocycles. The van der Waals surface area contributed by atoms with Crippen molar-refractivity contribution in [1.29, 1.82) is 0 Å². The van der Waals surface area contributed by atoms with Gasteiger partial charge >= 0.3 is 5.97 Å². The molecular weight excluding hydrogens is 344 g/mol. The minimum Gasteiger partial charge on any atom is -0.476 e. The minimum absolute atomic E-state index is 0.0556. The van der Waals surface area contributed by atoms with Gasteiger partial charge in [-0.3, -0.25) is 0 Å². The second-order valence-corrected chi connectivity index (χ2v) is 6.06. The van der Waals surface area contributed by atoms with Crippen molar-refractivity contribution in [2.45, 2.75) is 18.3 Å². The predicted molar refractivity (Wildman–Crippen MR) is 87.6 cm³/mol. The third-order valence-corrected chi connectivity index (χ3v) is 4.27. The van der Waals surface area contributed by atoms with Crippen LogP contribution >= 0.6 is 0 Å². The fourth-order valence-electron chi connectivity index (χ4n) is 2.75. The van der Waals surface area contributed by atoms with Crippen LogP contribution in [0, 0.1) is 0 Å². The molecule has 0 aliphatic heterocycles. The number of carboxylic acid groups (broad SMARTS) is 1. The SMILES string of the molecule is O=C(O)c1nn[nH]c1Oc1ccc(-c2ccc(C3CC3(F)F)cc2)cc1.